The number of carboxylic acids is 2. The number of aliphatic carboxylic acids is 2. The molecule has 0 radical (unpaired) electrons. The Morgan fingerprint density at radius 2 is 1.53 bits per heavy atom. The Kier molecular flexibility index (Phi) is 5.56. The van der Waals surface area contributed by atoms with Crippen LogP contribution in [0.25, 0.3) is 5.57 Å². The SMILES string of the molecule is CC1(C(=O)O)CC(c2ccc(Cl)cc2)=CC(C(=O)O)(c2ccc(S(C)(=O)=O)cc2)C1. The van der Waals surface area contributed by atoms with Crippen molar-refractivity contribution < 1.29 is 28.2 Å². The highest BCUT2D eigenvalue weighted by atomic mass is 35.5. The number of halogens is 1. The Morgan fingerprint density at radius 3 is 2.00 bits per heavy atom. The summed E-state index contributed by atoms with van der Waals surface area (Å²) < 4.78 is 23.5. The smallest absolute Gasteiger partial charge is 0.318 e. The van der Waals surface area contributed by atoms with Crippen LogP contribution in [0.1, 0.15) is 30.9 Å². The highest BCUT2D eigenvalue weighted by Crippen LogP contribution is 2.50. The standard InChI is InChI=1S/C22H21ClO6S/c1-21(19(24)25)11-15(14-3-7-17(23)8-4-14)12-22(13-21,20(26)27)16-5-9-18(10-6-16)30(2,28)29/h3-10,12H,11,13H2,1-2H3,(H,24,25)(H,26,27). The first-order chi connectivity index (χ1) is 13.9. The third-order valence-electron chi connectivity index (χ3n) is 5.58. The molecule has 30 heavy (non-hydrogen) atoms. The van der Waals surface area contributed by atoms with Crippen LogP contribution in [-0.4, -0.2) is 36.8 Å². The van der Waals surface area contributed by atoms with Crippen LogP contribution >= 0.6 is 11.6 Å². The summed E-state index contributed by atoms with van der Waals surface area (Å²) in [5.74, 6) is -2.30. The first-order valence-corrected chi connectivity index (χ1v) is 11.4. The van der Waals surface area contributed by atoms with E-state index >= 15 is 0 Å². The molecule has 2 aromatic carbocycles. The summed E-state index contributed by atoms with van der Waals surface area (Å²) in [5, 5.41) is 20.6. The maximum absolute atomic E-state index is 12.5. The molecule has 158 valence electrons. The molecule has 0 amide bonds. The van der Waals surface area contributed by atoms with Gasteiger partial charge in [-0.15, -0.1) is 0 Å². The van der Waals surface area contributed by atoms with Gasteiger partial charge >= 0.3 is 11.9 Å². The lowest BCUT2D eigenvalue weighted by Gasteiger charge is -2.41. The van der Waals surface area contributed by atoms with Gasteiger partial charge < -0.3 is 10.2 Å². The number of rotatable bonds is 5. The fourth-order valence-electron chi connectivity index (χ4n) is 3.94. The van der Waals surface area contributed by atoms with Crippen LogP contribution in [0.2, 0.25) is 5.02 Å². The zero-order valence-electron chi connectivity index (χ0n) is 16.4. The Hall–Kier alpha value is -2.64. The minimum atomic E-state index is -3.45. The number of allylic oxidation sites excluding steroid dienone is 1. The Morgan fingerprint density at radius 1 is 0.967 bits per heavy atom. The Balaban J connectivity index is 2.24. The molecule has 1 aliphatic rings. The Labute approximate surface area is 179 Å². The van der Waals surface area contributed by atoms with Crippen LogP contribution in [0.4, 0.5) is 0 Å². The summed E-state index contributed by atoms with van der Waals surface area (Å²) >= 11 is 5.95. The topological polar surface area (TPSA) is 109 Å². The number of carbonyl (C=O) groups is 2. The normalized spacial score (nSPS) is 24.2. The average molecular weight is 449 g/mol. The van der Waals surface area contributed by atoms with E-state index in [1.165, 1.54) is 31.2 Å². The van der Waals surface area contributed by atoms with Gasteiger partial charge in [0.25, 0.3) is 0 Å². The molecular weight excluding hydrogens is 428 g/mol. The van der Waals surface area contributed by atoms with E-state index in [1.807, 2.05) is 0 Å². The van der Waals surface area contributed by atoms with E-state index in [1.54, 1.807) is 30.3 Å². The third-order valence-corrected chi connectivity index (χ3v) is 6.96. The van der Waals surface area contributed by atoms with Gasteiger partial charge in [0.1, 0.15) is 5.41 Å². The van der Waals surface area contributed by atoms with Gasteiger partial charge in [-0.1, -0.05) is 41.9 Å². The molecule has 0 spiro atoms. The fraction of sp³-hybridized carbons (Fsp3) is 0.273. The van der Waals surface area contributed by atoms with E-state index in [0.717, 1.165) is 6.26 Å². The molecule has 2 N–H and O–H groups in total. The first kappa shape index (κ1) is 22.1. The molecule has 0 aliphatic heterocycles. The van der Waals surface area contributed by atoms with Crippen molar-refractivity contribution in [1.29, 1.82) is 0 Å². The maximum atomic E-state index is 12.5. The van der Waals surface area contributed by atoms with Gasteiger partial charge in [0.05, 0.1) is 10.3 Å². The van der Waals surface area contributed by atoms with Crippen molar-refractivity contribution in [1.82, 2.24) is 0 Å². The summed E-state index contributed by atoms with van der Waals surface area (Å²) in [4.78, 5) is 24.7. The summed E-state index contributed by atoms with van der Waals surface area (Å²) in [7, 11) is -3.45. The van der Waals surface area contributed by atoms with Gasteiger partial charge in [-0.3, -0.25) is 9.59 Å². The Bertz CT molecular complexity index is 1140. The summed E-state index contributed by atoms with van der Waals surface area (Å²) in [6.45, 7) is 1.53. The van der Waals surface area contributed by atoms with Gasteiger partial charge in [0.15, 0.2) is 9.84 Å². The van der Waals surface area contributed by atoms with Gasteiger partial charge in [0, 0.05) is 11.3 Å². The van der Waals surface area contributed by atoms with Crippen molar-refractivity contribution in [2.45, 2.75) is 30.1 Å². The van der Waals surface area contributed by atoms with Crippen LogP contribution in [0.15, 0.2) is 59.5 Å². The van der Waals surface area contributed by atoms with Crippen molar-refractivity contribution in [2.75, 3.05) is 6.26 Å². The molecule has 0 bridgehead atoms. The summed E-state index contributed by atoms with van der Waals surface area (Å²) in [6, 6.07) is 12.3. The zero-order chi connectivity index (χ0) is 22.3. The van der Waals surface area contributed by atoms with Crippen LogP contribution in [0.5, 0.6) is 0 Å². The highest BCUT2D eigenvalue weighted by Gasteiger charge is 2.51. The molecule has 2 unspecified atom stereocenters. The largest absolute Gasteiger partial charge is 0.481 e. The van der Waals surface area contributed by atoms with Crippen LogP contribution in [-0.2, 0) is 24.8 Å². The van der Waals surface area contributed by atoms with E-state index in [2.05, 4.69) is 0 Å². The van der Waals surface area contributed by atoms with Crippen molar-refractivity contribution in [3.05, 3.63) is 70.8 Å². The minimum Gasteiger partial charge on any atom is -0.481 e. The van der Waals surface area contributed by atoms with Crippen molar-refractivity contribution in [2.24, 2.45) is 5.41 Å². The second kappa shape index (κ2) is 7.56. The molecule has 0 heterocycles. The second-order valence-electron chi connectivity index (χ2n) is 7.97. The fourth-order valence-corrected chi connectivity index (χ4v) is 4.70. The second-order valence-corrected chi connectivity index (χ2v) is 10.4. The van der Waals surface area contributed by atoms with Gasteiger partial charge in [0.2, 0.25) is 0 Å². The lowest BCUT2D eigenvalue weighted by atomic mass is 9.61. The van der Waals surface area contributed by atoms with E-state index in [9.17, 15) is 28.2 Å². The molecule has 8 heteroatoms. The van der Waals surface area contributed by atoms with E-state index < -0.39 is 32.6 Å². The first-order valence-electron chi connectivity index (χ1n) is 9.12. The van der Waals surface area contributed by atoms with Gasteiger partial charge in [-0.05, 0) is 60.7 Å². The number of carboxylic acid groups (broad SMARTS) is 2. The molecular formula is C22H21ClO6S. The molecule has 0 aromatic heterocycles. The van der Waals surface area contributed by atoms with Crippen LogP contribution in [0.3, 0.4) is 0 Å². The summed E-state index contributed by atoms with van der Waals surface area (Å²) in [5.41, 5.74) is -1.38. The molecule has 2 atom stereocenters. The molecule has 6 nitrogen and oxygen atoms in total. The molecule has 0 saturated heterocycles. The highest BCUT2D eigenvalue weighted by molar-refractivity contribution is 7.90. The maximum Gasteiger partial charge on any atom is 0.318 e. The number of hydrogen-bond acceptors (Lipinski definition) is 4. The minimum absolute atomic E-state index is 0.0606. The lowest BCUT2D eigenvalue weighted by molar-refractivity contribution is -0.152. The van der Waals surface area contributed by atoms with E-state index in [0.29, 0.717) is 21.7 Å². The number of sulfone groups is 1. The van der Waals surface area contributed by atoms with Gasteiger partial charge in [-0.25, -0.2) is 8.42 Å². The predicted molar refractivity (Wildman–Crippen MR) is 113 cm³/mol. The van der Waals surface area contributed by atoms with Crippen LogP contribution in [0, 0.1) is 5.41 Å². The monoisotopic (exact) mass is 448 g/mol. The predicted octanol–water partition coefficient (Wildman–Crippen LogP) is 4.03. The third kappa shape index (κ3) is 4.00. The zero-order valence-corrected chi connectivity index (χ0v) is 18.0. The molecule has 2 aromatic rings. The molecule has 0 saturated carbocycles. The average Bonchev–Trinajstić information content (AvgIpc) is 2.67. The molecule has 1 aliphatic carbocycles. The van der Waals surface area contributed by atoms with E-state index in [4.69, 9.17) is 11.6 Å². The number of benzene rings is 2. The van der Waals surface area contributed by atoms with Crippen molar-refractivity contribution in [3.8, 4) is 0 Å². The van der Waals surface area contributed by atoms with Crippen molar-refractivity contribution in [3.63, 3.8) is 0 Å². The lowest BCUT2D eigenvalue weighted by Crippen LogP contribution is -2.45. The number of hydrogen-bond donors (Lipinski definition) is 2. The molecule has 3 rings (SSSR count). The molecule has 0 fully saturated rings. The van der Waals surface area contributed by atoms with E-state index in [-0.39, 0.29) is 17.7 Å². The summed E-state index contributed by atoms with van der Waals surface area (Å²) in [6.07, 6.45) is 2.63. The van der Waals surface area contributed by atoms with Gasteiger partial charge in [-0.2, -0.15) is 0 Å². The van der Waals surface area contributed by atoms with Crippen molar-refractivity contribution >= 4 is 38.9 Å². The van der Waals surface area contributed by atoms with Crippen LogP contribution < -0.4 is 0 Å². The quantitative estimate of drug-likeness (QED) is 0.714.